The Kier molecular flexibility index (Phi) is 4.59. The van der Waals surface area contributed by atoms with Gasteiger partial charge in [-0.05, 0) is 58.1 Å². The Morgan fingerprint density at radius 2 is 2.11 bits per heavy atom. The highest BCUT2D eigenvalue weighted by atomic mass is 79.9. The maximum absolute atomic E-state index is 12.0. The lowest BCUT2D eigenvalue weighted by atomic mass is 10.1. The van der Waals surface area contributed by atoms with Crippen molar-refractivity contribution in [1.82, 2.24) is 5.32 Å². The van der Waals surface area contributed by atoms with Gasteiger partial charge in [0, 0.05) is 19.4 Å². The third-order valence-electron chi connectivity index (χ3n) is 2.40. The zero-order chi connectivity index (χ0) is 13.1. The predicted octanol–water partition coefficient (Wildman–Crippen LogP) is 4.51. The highest BCUT2D eigenvalue weighted by molar-refractivity contribution is 9.10. The Labute approximate surface area is 127 Å². The van der Waals surface area contributed by atoms with E-state index in [4.69, 9.17) is 0 Å². The molecule has 2 rings (SSSR count). The molecule has 1 aromatic carbocycles. The maximum Gasteiger partial charge on any atom is 0.251 e. The van der Waals surface area contributed by atoms with E-state index in [1.54, 1.807) is 11.3 Å². The van der Waals surface area contributed by atoms with E-state index in [9.17, 15) is 4.79 Å². The molecule has 5 heteroatoms. The number of rotatable bonds is 3. The molecule has 0 aliphatic carbocycles. The molecule has 0 saturated heterocycles. The lowest BCUT2D eigenvalue weighted by molar-refractivity contribution is 0.0951. The molecule has 0 aliphatic rings. The Balaban J connectivity index is 2.06. The van der Waals surface area contributed by atoms with Crippen molar-refractivity contribution in [2.45, 2.75) is 13.5 Å². The van der Waals surface area contributed by atoms with Crippen LogP contribution in [-0.4, -0.2) is 5.91 Å². The highest BCUT2D eigenvalue weighted by Crippen LogP contribution is 2.22. The normalized spacial score (nSPS) is 10.4. The number of carbonyl (C=O) groups is 1. The topological polar surface area (TPSA) is 29.1 Å². The van der Waals surface area contributed by atoms with Crippen LogP contribution in [0.2, 0.25) is 0 Å². The summed E-state index contributed by atoms with van der Waals surface area (Å²) in [5.74, 6) is -0.0558. The van der Waals surface area contributed by atoms with Crippen LogP contribution >= 0.6 is 43.2 Å². The number of halogens is 2. The van der Waals surface area contributed by atoms with Crippen molar-refractivity contribution in [3.63, 3.8) is 0 Å². The minimum absolute atomic E-state index is 0.0558. The number of nitrogens with one attached hydrogen (secondary N) is 1. The lowest BCUT2D eigenvalue weighted by Crippen LogP contribution is -2.22. The summed E-state index contributed by atoms with van der Waals surface area (Å²) < 4.78 is 1.96. The van der Waals surface area contributed by atoms with Crippen LogP contribution in [0.5, 0.6) is 0 Å². The molecule has 0 atom stereocenters. The Bertz CT molecular complexity index is 560. The monoisotopic (exact) mass is 387 g/mol. The molecule has 1 N–H and O–H groups in total. The van der Waals surface area contributed by atoms with Crippen LogP contribution in [-0.2, 0) is 6.54 Å². The molecule has 94 valence electrons. The highest BCUT2D eigenvalue weighted by Gasteiger charge is 2.08. The molecule has 0 bridgehead atoms. The van der Waals surface area contributed by atoms with E-state index in [1.807, 2.05) is 36.6 Å². The molecule has 0 unspecified atom stereocenters. The summed E-state index contributed by atoms with van der Waals surface area (Å²) in [7, 11) is 0. The van der Waals surface area contributed by atoms with Gasteiger partial charge in [0.1, 0.15) is 0 Å². The third kappa shape index (κ3) is 3.43. The third-order valence-corrected chi connectivity index (χ3v) is 4.79. The van der Waals surface area contributed by atoms with Gasteiger partial charge in [0.2, 0.25) is 0 Å². The number of hydrogen-bond donors (Lipinski definition) is 1. The standard InChI is InChI=1S/C13H11Br2NOS/c1-8-4-9(6-10(14)5-8)13(17)16-7-12-11(15)2-3-18-12/h2-6H,7H2,1H3,(H,16,17). The zero-order valence-electron chi connectivity index (χ0n) is 9.67. The number of amides is 1. The van der Waals surface area contributed by atoms with E-state index < -0.39 is 0 Å². The number of benzene rings is 1. The Morgan fingerprint density at radius 3 is 2.72 bits per heavy atom. The van der Waals surface area contributed by atoms with Crippen molar-refractivity contribution >= 4 is 49.1 Å². The summed E-state index contributed by atoms with van der Waals surface area (Å²) in [5, 5.41) is 4.91. The van der Waals surface area contributed by atoms with E-state index in [0.717, 1.165) is 19.4 Å². The van der Waals surface area contributed by atoms with Crippen molar-refractivity contribution < 1.29 is 4.79 Å². The minimum atomic E-state index is -0.0558. The SMILES string of the molecule is Cc1cc(Br)cc(C(=O)NCc2sccc2Br)c1. The second kappa shape index (κ2) is 5.99. The zero-order valence-corrected chi connectivity index (χ0v) is 13.7. The fraction of sp³-hybridized carbons (Fsp3) is 0.154. The predicted molar refractivity (Wildman–Crippen MR) is 82.1 cm³/mol. The first-order valence-corrected chi connectivity index (χ1v) is 7.80. The summed E-state index contributed by atoms with van der Waals surface area (Å²) in [6.07, 6.45) is 0. The molecule has 0 radical (unpaired) electrons. The summed E-state index contributed by atoms with van der Waals surface area (Å²) in [6, 6.07) is 7.66. The van der Waals surface area contributed by atoms with Crippen molar-refractivity contribution in [2.24, 2.45) is 0 Å². The van der Waals surface area contributed by atoms with E-state index >= 15 is 0 Å². The molecule has 0 spiro atoms. The van der Waals surface area contributed by atoms with E-state index in [-0.39, 0.29) is 5.91 Å². The van der Waals surface area contributed by atoms with Gasteiger partial charge in [-0.1, -0.05) is 15.9 Å². The summed E-state index contributed by atoms with van der Waals surface area (Å²) in [6.45, 7) is 2.51. The van der Waals surface area contributed by atoms with Gasteiger partial charge in [-0.25, -0.2) is 0 Å². The van der Waals surface area contributed by atoms with Crippen LogP contribution in [0.3, 0.4) is 0 Å². The van der Waals surface area contributed by atoms with Gasteiger partial charge in [0.15, 0.2) is 0 Å². The number of aryl methyl sites for hydroxylation is 1. The van der Waals surface area contributed by atoms with Gasteiger partial charge in [0.25, 0.3) is 5.91 Å². The molecule has 0 saturated carbocycles. The molecule has 2 aromatic rings. The van der Waals surface area contributed by atoms with Crippen molar-refractivity contribution in [2.75, 3.05) is 0 Å². The van der Waals surface area contributed by atoms with E-state index in [0.29, 0.717) is 12.1 Å². The van der Waals surface area contributed by atoms with E-state index in [1.165, 1.54) is 0 Å². The molecular formula is C13H11Br2NOS. The van der Waals surface area contributed by atoms with Crippen LogP contribution in [0.25, 0.3) is 0 Å². The van der Waals surface area contributed by atoms with Gasteiger partial charge in [-0.15, -0.1) is 11.3 Å². The number of hydrogen-bond acceptors (Lipinski definition) is 2. The lowest BCUT2D eigenvalue weighted by Gasteiger charge is -2.06. The van der Waals surface area contributed by atoms with Crippen LogP contribution in [0, 0.1) is 6.92 Å². The summed E-state index contributed by atoms with van der Waals surface area (Å²) in [5.41, 5.74) is 1.74. The van der Waals surface area contributed by atoms with Gasteiger partial charge in [-0.2, -0.15) is 0 Å². The summed E-state index contributed by atoms with van der Waals surface area (Å²) >= 11 is 8.47. The summed E-state index contributed by atoms with van der Waals surface area (Å²) in [4.78, 5) is 13.1. The first-order valence-electron chi connectivity index (χ1n) is 5.33. The molecule has 1 heterocycles. The number of thiophene rings is 1. The average Bonchev–Trinajstić information content (AvgIpc) is 2.70. The van der Waals surface area contributed by atoms with Crippen LogP contribution < -0.4 is 5.32 Å². The van der Waals surface area contributed by atoms with Gasteiger partial charge < -0.3 is 5.32 Å². The van der Waals surface area contributed by atoms with Crippen molar-refractivity contribution in [3.8, 4) is 0 Å². The van der Waals surface area contributed by atoms with Crippen molar-refractivity contribution in [3.05, 3.63) is 54.6 Å². The maximum atomic E-state index is 12.0. The van der Waals surface area contributed by atoms with Gasteiger partial charge in [0.05, 0.1) is 6.54 Å². The van der Waals surface area contributed by atoms with Crippen LogP contribution in [0.15, 0.2) is 38.6 Å². The molecule has 1 aromatic heterocycles. The molecule has 18 heavy (non-hydrogen) atoms. The Morgan fingerprint density at radius 1 is 1.33 bits per heavy atom. The second-order valence-electron chi connectivity index (χ2n) is 3.89. The minimum Gasteiger partial charge on any atom is -0.347 e. The van der Waals surface area contributed by atoms with E-state index in [2.05, 4.69) is 37.2 Å². The first-order chi connectivity index (χ1) is 8.56. The fourth-order valence-electron chi connectivity index (χ4n) is 1.58. The average molecular weight is 389 g/mol. The Hall–Kier alpha value is -0.650. The molecule has 2 nitrogen and oxygen atoms in total. The molecule has 1 amide bonds. The molecule has 0 aliphatic heterocycles. The second-order valence-corrected chi connectivity index (χ2v) is 6.66. The molecule has 0 fully saturated rings. The van der Waals surface area contributed by atoms with Crippen molar-refractivity contribution in [1.29, 1.82) is 0 Å². The fourth-order valence-corrected chi connectivity index (χ4v) is 3.62. The van der Waals surface area contributed by atoms with Crippen LogP contribution in [0.4, 0.5) is 0 Å². The first kappa shape index (κ1) is 13.8. The molecular weight excluding hydrogens is 378 g/mol. The largest absolute Gasteiger partial charge is 0.347 e. The smallest absolute Gasteiger partial charge is 0.251 e. The quantitative estimate of drug-likeness (QED) is 0.823. The van der Waals surface area contributed by atoms with Gasteiger partial charge >= 0.3 is 0 Å². The van der Waals surface area contributed by atoms with Gasteiger partial charge in [-0.3, -0.25) is 4.79 Å². The van der Waals surface area contributed by atoms with Crippen LogP contribution in [0.1, 0.15) is 20.8 Å². The number of carbonyl (C=O) groups excluding carboxylic acids is 1.